The number of esters is 1. The molecule has 2 heterocycles. The highest BCUT2D eigenvalue weighted by molar-refractivity contribution is 9.10. The molecular weight excluding hydrogens is 687 g/mol. The van der Waals surface area contributed by atoms with Gasteiger partial charge in [-0.25, -0.2) is 14.2 Å². The van der Waals surface area contributed by atoms with Crippen molar-refractivity contribution in [3.05, 3.63) is 93.7 Å². The molecule has 3 aromatic carbocycles. The van der Waals surface area contributed by atoms with Crippen LogP contribution >= 0.6 is 27.5 Å². The minimum absolute atomic E-state index is 0.0654. The number of Topliss-reactive ketones (excluding diaryl/α,β-unsaturated/α-hetero) is 1. The molecule has 4 aromatic rings. The zero-order chi connectivity index (χ0) is 33.0. The Morgan fingerprint density at radius 1 is 1.00 bits per heavy atom. The Morgan fingerprint density at radius 3 is 2.28 bits per heavy atom. The molecule has 0 N–H and O–H groups in total. The van der Waals surface area contributed by atoms with Crippen LogP contribution in [-0.4, -0.2) is 40.5 Å². The fourth-order valence-electron chi connectivity index (χ4n) is 7.73. The van der Waals surface area contributed by atoms with Crippen LogP contribution in [0.2, 0.25) is 0 Å². The number of ether oxygens (including phenoxy) is 1. The van der Waals surface area contributed by atoms with Gasteiger partial charge in [-0.1, -0.05) is 35.0 Å². The van der Waals surface area contributed by atoms with Crippen LogP contribution in [0.3, 0.4) is 0 Å². The molecule has 5 atom stereocenters. The van der Waals surface area contributed by atoms with E-state index in [9.17, 15) is 23.6 Å². The summed E-state index contributed by atoms with van der Waals surface area (Å²) in [5.41, 5.74) is 3.61. The van der Waals surface area contributed by atoms with Gasteiger partial charge in [0.2, 0.25) is 17.6 Å². The monoisotopic (exact) mass is 716 g/mol. The third-order valence-electron chi connectivity index (χ3n) is 9.95. The molecule has 1 aromatic heterocycles. The quantitative estimate of drug-likeness (QED) is 0.0756. The lowest BCUT2D eigenvalue weighted by Gasteiger charge is -2.19. The van der Waals surface area contributed by atoms with Gasteiger partial charge in [0.05, 0.1) is 34.3 Å². The topological polar surface area (TPSA) is 93.6 Å². The number of amides is 2. The predicted octanol–water partition coefficient (Wildman–Crippen LogP) is 7.94. The van der Waals surface area contributed by atoms with Crippen LogP contribution in [0.4, 0.5) is 10.1 Å². The van der Waals surface area contributed by atoms with Crippen molar-refractivity contribution in [2.75, 3.05) is 10.8 Å². The van der Waals surface area contributed by atoms with Gasteiger partial charge in [-0.15, -0.1) is 11.6 Å². The van der Waals surface area contributed by atoms with Crippen LogP contribution < -0.4 is 4.90 Å². The Bertz CT molecular complexity index is 1900. The molecule has 2 aliphatic carbocycles. The largest absolute Gasteiger partial charge is 0.450 e. The minimum atomic E-state index is -1.18. The Labute approximate surface area is 284 Å². The first kappa shape index (κ1) is 31.6. The van der Waals surface area contributed by atoms with Crippen molar-refractivity contribution in [3.8, 4) is 11.3 Å². The standard InChI is InChI=1S/C37H31BrClFN2O5/c1-2-19-16-24(38)17-27-28(37(46)47-30(13-14-39)34(43)21-5-9-25(40)10-6-21)18-29(41-33(19)27)20-7-11-26(12-8-20)42-35(44)31-22-3-4-23(15-22)32(31)36(42)45/h5-12,16-18,22-23,30-32H,2-4,13-15H2,1H3. The number of benzene rings is 3. The van der Waals surface area contributed by atoms with E-state index in [1.165, 1.54) is 29.2 Å². The van der Waals surface area contributed by atoms with Crippen molar-refractivity contribution >= 4 is 67.7 Å². The fraction of sp³-hybridized carbons (Fsp3) is 0.324. The van der Waals surface area contributed by atoms with Crippen LogP contribution in [0.15, 0.2) is 71.2 Å². The number of anilines is 1. The molecule has 0 spiro atoms. The first-order valence-corrected chi connectivity index (χ1v) is 17.2. The predicted molar refractivity (Wildman–Crippen MR) is 180 cm³/mol. The molecule has 1 saturated heterocycles. The van der Waals surface area contributed by atoms with E-state index < -0.39 is 23.7 Å². The summed E-state index contributed by atoms with van der Waals surface area (Å²) in [6.45, 7) is 1.99. The molecule has 10 heteroatoms. The molecule has 7 nitrogen and oxygen atoms in total. The molecule has 3 fully saturated rings. The molecule has 1 aliphatic heterocycles. The van der Waals surface area contributed by atoms with Crippen LogP contribution in [0, 0.1) is 29.5 Å². The number of nitrogens with zero attached hydrogens (tertiary/aromatic N) is 2. The van der Waals surface area contributed by atoms with Crippen molar-refractivity contribution in [2.24, 2.45) is 23.7 Å². The number of ketones is 1. The summed E-state index contributed by atoms with van der Waals surface area (Å²) in [4.78, 5) is 60.2. The number of aromatic nitrogens is 1. The third-order valence-corrected chi connectivity index (χ3v) is 10.6. The van der Waals surface area contributed by atoms with Gasteiger partial charge in [0.15, 0.2) is 6.10 Å². The van der Waals surface area contributed by atoms with Crippen LogP contribution in [-0.2, 0) is 20.7 Å². The summed E-state index contributed by atoms with van der Waals surface area (Å²) in [7, 11) is 0. The van der Waals surface area contributed by atoms with Crippen molar-refractivity contribution in [2.45, 2.75) is 45.1 Å². The summed E-state index contributed by atoms with van der Waals surface area (Å²) in [5, 5.41) is 0.551. The zero-order valence-electron chi connectivity index (χ0n) is 25.5. The number of imide groups is 1. The first-order valence-electron chi connectivity index (χ1n) is 15.9. The average molecular weight is 718 g/mol. The van der Waals surface area contributed by atoms with Crippen molar-refractivity contribution in [3.63, 3.8) is 0 Å². The Kier molecular flexibility index (Phi) is 8.47. The van der Waals surface area contributed by atoms with Gasteiger partial charge in [-0.2, -0.15) is 0 Å². The number of alkyl halides is 1. The molecule has 2 bridgehead atoms. The number of rotatable bonds is 9. The van der Waals surface area contributed by atoms with Crippen LogP contribution in [0.5, 0.6) is 0 Å². The van der Waals surface area contributed by atoms with Gasteiger partial charge in [0.25, 0.3) is 0 Å². The Morgan fingerprint density at radius 2 is 1.66 bits per heavy atom. The van der Waals surface area contributed by atoms with E-state index in [2.05, 4.69) is 15.9 Å². The van der Waals surface area contributed by atoms with Gasteiger partial charge < -0.3 is 4.74 Å². The number of carbonyl (C=O) groups excluding carboxylic acids is 4. The second-order valence-electron chi connectivity index (χ2n) is 12.6. The third kappa shape index (κ3) is 5.57. The summed E-state index contributed by atoms with van der Waals surface area (Å²) in [6, 6.07) is 17.5. The van der Waals surface area contributed by atoms with Crippen molar-refractivity contribution in [1.29, 1.82) is 0 Å². The van der Waals surface area contributed by atoms with E-state index in [1.807, 2.05) is 13.0 Å². The van der Waals surface area contributed by atoms with E-state index in [4.69, 9.17) is 21.3 Å². The number of carbonyl (C=O) groups is 4. The number of hydrogen-bond acceptors (Lipinski definition) is 6. The Balaban J connectivity index is 1.23. The van der Waals surface area contributed by atoms with Crippen LogP contribution in [0.1, 0.15) is 58.9 Å². The summed E-state index contributed by atoms with van der Waals surface area (Å²) in [5.74, 6) is -1.65. The van der Waals surface area contributed by atoms with Crippen molar-refractivity contribution in [1.82, 2.24) is 4.98 Å². The molecule has 240 valence electrons. The second-order valence-corrected chi connectivity index (χ2v) is 13.8. The highest BCUT2D eigenvalue weighted by atomic mass is 79.9. The van der Waals surface area contributed by atoms with E-state index in [1.54, 1.807) is 36.4 Å². The van der Waals surface area contributed by atoms with E-state index >= 15 is 0 Å². The number of hydrogen-bond donors (Lipinski definition) is 0. The normalized spacial score (nSPS) is 22.2. The van der Waals surface area contributed by atoms with Gasteiger partial charge in [0, 0.05) is 33.3 Å². The van der Waals surface area contributed by atoms with Gasteiger partial charge in [0.1, 0.15) is 5.82 Å². The lowest BCUT2D eigenvalue weighted by atomic mass is 9.81. The van der Waals surface area contributed by atoms with Gasteiger partial charge in [-0.3, -0.25) is 19.3 Å². The number of pyridine rings is 1. The highest BCUT2D eigenvalue weighted by Gasteiger charge is 2.61. The summed E-state index contributed by atoms with van der Waals surface area (Å²) >= 11 is 9.54. The SMILES string of the molecule is CCc1cc(Br)cc2c(C(=O)OC(CCCl)C(=O)c3ccc(F)cc3)cc(-c3ccc(N4C(=O)C5C6CCC(C6)C5C4=O)cc3)nc12. The molecule has 7 rings (SSSR count). The summed E-state index contributed by atoms with van der Waals surface area (Å²) < 4.78 is 20.1. The summed E-state index contributed by atoms with van der Waals surface area (Å²) in [6.07, 6.45) is 2.53. The second kappa shape index (κ2) is 12.6. The molecule has 47 heavy (non-hydrogen) atoms. The molecule has 5 unspecified atom stereocenters. The average Bonchev–Trinajstić information content (AvgIpc) is 3.77. The number of aryl methyl sites for hydroxylation is 1. The van der Waals surface area contributed by atoms with E-state index in [-0.39, 0.29) is 47.1 Å². The zero-order valence-corrected chi connectivity index (χ0v) is 27.9. The lowest BCUT2D eigenvalue weighted by molar-refractivity contribution is -0.123. The molecule has 2 amide bonds. The fourth-order valence-corrected chi connectivity index (χ4v) is 8.43. The van der Waals surface area contributed by atoms with Gasteiger partial charge >= 0.3 is 5.97 Å². The first-order chi connectivity index (χ1) is 22.7. The van der Waals surface area contributed by atoms with E-state index in [0.717, 1.165) is 29.3 Å². The molecule has 2 saturated carbocycles. The Hall–Kier alpha value is -3.95. The van der Waals surface area contributed by atoms with Gasteiger partial charge in [-0.05, 0) is 97.7 Å². The highest BCUT2D eigenvalue weighted by Crippen LogP contribution is 2.56. The van der Waals surface area contributed by atoms with Crippen LogP contribution in [0.25, 0.3) is 22.2 Å². The maximum absolute atomic E-state index is 13.9. The maximum atomic E-state index is 13.9. The lowest BCUT2D eigenvalue weighted by Crippen LogP contribution is -2.32. The maximum Gasteiger partial charge on any atom is 0.339 e. The number of halogens is 3. The molecular formula is C37H31BrClFN2O5. The molecule has 0 radical (unpaired) electrons. The minimum Gasteiger partial charge on any atom is -0.450 e. The van der Waals surface area contributed by atoms with E-state index in [0.29, 0.717) is 46.1 Å². The molecule has 3 aliphatic rings. The number of fused-ring (bicyclic) bond motifs is 6. The smallest absolute Gasteiger partial charge is 0.339 e. The van der Waals surface area contributed by atoms with Crippen molar-refractivity contribution < 1.29 is 28.3 Å².